The summed E-state index contributed by atoms with van der Waals surface area (Å²) in [4.78, 5) is 12.2. The molecule has 0 bridgehead atoms. The largest absolute Gasteiger partial charge is 0.465 e. The lowest BCUT2D eigenvalue weighted by Crippen LogP contribution is -2.05. The van der Waals surface area contributed by atoms with Crippen LogP contribution in [0.2, 0.25) is 0 Å². The van der Waals surface area contributed by atoms with Gasteiger partial charge in [0.2, 0.25) is 0 Å². The summed E-state index contributed by atoms with van der Waals surface area (Å²) in [5.41, 5.74) is 6.86. The van der Waals surface area contributed by atoms with Gasteiger partial charge in [-0.3, -0.25) is 0 Å². The van der Waals surface area contributed by atoms with Gasteiger partial charge in [-0.25, -0.2) is 4.79 Å². The van der Waals surface area contributed by atoms with Crippen LogP contribution in [0, 0.1) is 5.92 Å². The molecule has 1 rings (SSSR count). The summed E-state index contributed by atoms with van der Waals surface area (Å²) in [6.07, 6.45) is 0. The first-order valence-corrected chi connectivity index (χ1v) is 6.28. The van der Waals surface area contributed by atoms with Crippen molar-refractivity contribution in [2.75, 3.05) is 25.2 Å². The van der Waals surface area contributed by atoms with Gasteiger partial charge in [-0.1, -0.05) is 6.92 Å². The summed E-state index contributed by atoms with van der Waals surface area (Å²) in [6.45, 7) is 2.12. The molecule has 0 amide bonds. The van der Waals surface area contributed by atoms with Crippen LogP contribution in [0.4, 0.5) is 5.69 Å². The number of hydrogen-bond donors (Lipinski definition) is 2. The number of aliphatic hydroxyl groups is 1. The molecule has 0 radical (unpaired) electrons. The highest BCUT2D eigenvalue weighted by molar-refractivity contribution is 7.99. The Labute approximate surface area is 105 Å². The molecular weight excluding hydrogens is 238 g/mol. The molecule has 0 heterocycles. The van der Waals surface area contributed by atoms with E-state index >= 15 is 0 Å². The van der Waals surface area contributed by atoms with Gasteiger partial charge in [0.1, 0.15) is 0 Å². The molecule has 3 N–H and O–H groups in total. The molecule has 0 aliphatic rings. The summed E-state index contributed by atoms with van der Waals surface area (Å²) >= 11 is 1.57. The molecule has 0 spiro atoms. The van der Waals surface area contributed by atoms with Crippen LogP contribution in [0.5, 0.6) is 0 Å². The predicted molar refractivity (Wildman–Crippen MR) is 69.2 cm³/mol. The summed E-state index contributed by atoms with van der Waals surface area (Å²) in [6, 6.07) is 5.10. The molecule has 0 aliphatic heterocycles. The maximum atomic E-state index is 11.3. The van der Waals surface area contributed by atoms with Gasteiger partial charge in [-0.05, 0) is 24.1 Å². The molecule has 0 aromatic heterocycles. The van der Waals surface area contributed by atoms with E-state index < -0.39 is 5.97 Å². The highest BCUT2D eigenvalue weighted by Gasteiger charge is 2.09. The van der Waals surface area contributed by atoms with Crippen molar-refractivity contribution in [1.29, 1.82) is 0 Å². The van der Waals surface area contributed by atoms with Gasteiger partial charge >= 0.3 is 5.97 Å². The van der Waals surface area contributed by atoms with Crippen LogP contribution in [0.15, 0.2) is 23.1 Å². The Morgan fingerprint density at radius 3 is 2.82 bits per heavy atom. The van der Waals surface area contributed by atoms with Crippen LogP contribution in [-0.4, -0.2) is 30.5 Å². The smallest absolute Gasteiger partial charge is 0.337 e. The van der Waals surface area contributed by atoms with E-state index in [1.54, 1.807) is 30.0 Å². The Morgan fingerprint density at radius 2 is 2.29 bits per heavy atom. The van der Waals surface area contributed by atoms with Gasteiger partial charge in [0.25, 0.3) is 0 Å². The van der Waals surface area contributed by atoms with E-state index in [2.05, 4.69) is 4.74 Å². The first-order chi connectivity index (χ1) is 8.08. The third-order valence-corrected chi connectivity index (χ3v) is 3.68. The minimum absolute atomic E-state index is 0.160. The number of carbonyl (C=O) groups is 1. The predicted octanol–water partition coefficient (Wildman–Crippen LogP) is 1.78. The molecule has 1 aromatic carbocycles. The lowest BCUT2D eigenvalue weighted by Gasteiger charge is -2.10. The van der Waals surface area contributed by atoms with Crippen molar-refractivity contribution in [3.63, 3.8) is 0 Å². The number of rotatable bonds is 5. The van der Waals surface area contributed by atoms with Gasteiger partial charge in [-0.15, -0.1) is 11.8 Å². The Hall–Kier alpha value is -1.20. The molecule has 5 heteroatoms. The highest BCUT2D eigenvalue weighted by atomic mass is 32.2. The second-order valence-electron chi connectivity index (χ2n) is 3.84. The number of anilines is 1. The number of esters is 1. The third-order valence-electron chi connectivity index (χ3n) is 2.27. The van der Waals surface area contributed by atoms with Crippen LogP contribution in [0.25, 0.3) is 0 Å². The second-order valence-corrected chi connectivity index (χ2v) is 4.90. The van der Waals surface area contributed by atoms with E-state index in [4.69, 9.17) is 10.8 Å². The number of nitrogens with two attached hydrogens (primary N) is 1. The zero-order valence-electron chi connectivity index (χ0n) is 9.97. The number of methoxy groups -OCH3 is 1. The Balaban J connectivity index is 2.73. The molecular formula is C12H17NO3S. The molecule has 1 aromatic rings. The zero-order valence-corrected chi connectivity index (χ0v) is 10.8. The van der Waals surface area contributed by atoms with Gasteiger partial charge in [0.15, 0.2) is 0 Å². The van der Waals surface area contributed by atoms with E-state index in [1.165, 1.54) is 7.11 Å². The third kappa shape index (κ3) is 3.94. The van der Waals surface area contributed by atoms with E-state index in [-0.39, 0.29) is 12.5 Å². The average molecular weight is 255 g/mol. The van der Waals surface area contributed by atoms with Gasteiger partial charge in [-0.2, -0.15) is 0 Å². The van der Waals surface area contributed by atoms with Crippen LogP contribution in [0.3, 0.4) is 0 Å². The monoisotopic (exact) mass is 255 g/mol. The van der Waals surface area contributed by atoms with Gasteiger partial charge in [0.05, 0.1) is 12.7 Å². The van der Waals surface area contributed by atoms with E-state index in [0.717, 1.165) is 10.6 Å². The first kappa shape index (κ1) is 13.9. The van der Waals surface area contributed by atoms with Crippen LogP contribution < -0.4 is 5.73 Å². The first-order valence-electron chi connectivity index (χ1n) is 5.30. The lowest BCUT2D eigenvalue weighted by molar-refractivity contribution is 0.0600. The number of aliphatic hydroxyl groups excluding tert-OH is 1. The topological polar surface area (TPSA) is 72.5 Å². The lowest BCUT2D eigenvalue weighted by atomic mass is 10.2. The van der Waals surface area contributed by atoms with E-state index in [1.807, 2.05) is 6.92 Å². The summed E-state index contributed by atoms with van der Waals surface area (Å²) in [5.74, 6) is 0.620. The maximum absolute atomic E-state index is 11.3. The maximum Gasteiger partial charge on any atom is 0.337 e. The SMILES string of the molecule is COC(=O)c1ccc(SCC(C)CO)c(N)c1. The molecule has 17 heavy (non-hydrogen) atoms. The fraction of sp³-hybridized carbons (Fsp3) is 0.417. The van der Waals surface area contributed by atoms with Crippen molar-refractivity contribution in [2.24, 2.45) is 5.92 Å². The van der Waals surface area contributed by atoms with Crippen molar-refractivity contribution in [3.8, 4) is 0 Å². The molecule has 94 valence electrons. The molecule has 0 fully saturated rings. The average Bonchev–Trinajstić information content (AvgIpc) is 2.35. The minimum atomic E-state index is -0.392. The van der Waals surface area contributed by atoms with Crippen molar-refractivity contribution in [3.05, 3.63) is 23.8 Å². The van der Waals surface area contributed by atoms with Crippen molar-refractivity contribution >= 4 is 23.4 Å². The number of ether oxygens (including phenoxy) is 1. The number of thioether (sulfide) groups is 1. The molecule has 0 saturated carbocycles. The molecule has 0 saturated heterocycles. The van der Waals surface area contributed by atoms with E-state index in [9.17, 15) is 4.79 Å². The van der Waals surface area contributed by atoms with Crippen molar-refractivity contribution < 1.29 is 14.6 Å². The fourth-order valence-electron chi connectivity index (χ4n) is 1.21. The molecule has 1 unspecified atom stereocenters. The van der Waals surface area contributed by atoms with Gasteiger partial charge < -0.3 is 15.6 Å². The highest BCUT2D eigenvalue weighted by Crippen LogP contribution is 2.27. The van der Waals surface area contributed by atoms with Crippen molar-refractivity contribution in [1.82, 2.24) is 0 Å². The summed E-state index contributed by atoms with van der Waals surface area (Å²) < 4.78 is 4.61. The summed E-state index contributed by atoms with van der Waals surface area (Å²) in [7, 11) is 1.34. The fourth-order valence-corrected chi connectivity index (χ4v) is 2.17. The normalized spacial score (nSPS) is 12.2. The molecule has 4 nitrogen and oxygen atoms in total. The number of carbonyl (C=O) groups excluding carboxylic acids is 1. The Kier molecular flexibility index (Phi) is 5.31. The minimum Gasteiger partial charge on any atom is -0.465 e. The van der Waals surface area contributed by atoms with Crippen molar-refractivity contribution in [2.45, 2.75) is 11.8 Å². The van der Waals surface area contributed by atoms with Crippen LogP contribution >= 0.6 is 11.8 Å². The summed E-state index contributed by atoms with van der Waals surface area (Å²) in [5, 5.41) is 8.93. The van der Waals surface area contributed by atoms with E-state index in [0.29, 0.717) is 11.3 Å². The standard InChI is InChI=1S/C12H17NO3S/c1-8(6-14)7-17-11-4-3-9(5-10(11)13)12(15)16-2/h3-5,8,14H,6-7,13H2,1-2H3. The molecule has 0 aliphatic carbocycles. The van der Waals surface area contributed by atoms with Gasteiger partial charge in [0, 0.05) is 22.9 Å². The second kappa shape index (κ2) is 6.51. The number of benzene rings is 1. The number of nitrogen functional groups attached to an aromatic ring is 1. The number of hydrogen-bond acceptors (Lipinski definition) is 5. The quantitative estimate of drug-likeness (QED) is 0.476. The van der Waals surface area contributed by atoms with Crippen LogP contribution in [0.1, 0.15) is 17.3 Å². The van der Waals surface area contributed by atoms with Crippen LogP contribution in [-0.2, 0) is 4.74 Å². The Morgan fingerprint density at radius 1 is 1.59 bits per heavy atom. The Bertz CT molecular complexity index is 395. The zero-order chi connectivity index (χ0) is 12.8. The molecule has 1 atom stereocenters.